The summed E-state index contributed by atoms with van der Waals surface area (Å²) in [5.74, 6) is 0.814. The van der Waals surface area contributed by atoms with Gasteiger partial charge in [-0.3, -0.25) is 0 Å². The molecule has 0 saturated carbocycles. The molecule has 1 unspecified atom stereocenters. The van der Waals surface area contributed by atoms with E-state index in [1.165, 1.54) is 12.1 Å². The van der Waals surface area contributed by atoms with E-state index >= 15 is 0 Å². The maximum absolute atomic E-state index is 13.2. The first-order chi connectivity index (χ1) is 10.2. The number of halogens is 1. The molecule has 0 spiro atoms. The van der Waals surface area contributed by atoms with E-state index in [4.69, 9.17) is 9.15 Å². The van der Waals surface area contributed by atoms with E-state index in [-0.39, 0.29) is 5.82 Å². The molecule has 0 bridgehead atoms. The minimum atomic E-state index is -0.809. The van der Waals surface area contributed by atoms with E-state index in [1.807, 2.05) is 24.3 Å². The number of para-hydroxylation sites is 1. The molecule has 0 aliphatic heterocycles. The van der Waals surface area contributed by atoms with Gasteiger partial charge in [-0.1, -0.05) is 18.2 Å². The first-order valence-corrected chi connectivity index (χ1v) is 6.66. The van der Waals surface area contributed by atoms with Crippen molar-refractivity contribution in [1.82, 2.24) is 0 Å². The van der Waals surface area contributed by atoms with Crippen molar-refractivity contribution >= 4 is 11.0 Å². The van der Waals surface area contributed by atoms with Crippen LogP contribution < -0.4 is 4.74 Å². The molecule has 2 aromatic carbocycles. The molecular weight excluding hydrogens is 271 g/mol. The number of hydrogen-bond donors (Lipinski definition) is 1. The number of fused-ring (bicyclic) bond motifs is 1. The van der Waals surface area contributed by atoms with Crippen molar-refractivity contribution < 1.29 is 18.7 Å². The largest absolute Gasteiger partial charge is 0.496 e. The van der Waals surface area contributed by atoms with Gasteiger partial charge in [-0.2, -0.15) is 0 Å². The van der Waals surface area contributed by atoms with Crippen molar-refractivity contribution in [2.45, 2.75) is 12.5 Å². The second-order valence-electron chi connectivity index (χ2n) is 4.86. The van der Waals surface area contributed by atoms with Crippen LogP contribution in [0.1, 0.15) is 17.4 Å². The molecule has 4 heteroatoms. The van der Waals surface area contributed by atoms with Crippen molar-refractivity contribution in [2.24, 2.45) is 0 Å². The summed E-state index contributed by atoms with van der Waals surface area (Å²) >= 11 is 0. The minimum Gasteiger partial charge on any atom is -0.496 e. The van der Waals surface area contributed by atoms with Crippen LogP contribution in [-0.4, -0.2) is 12.2 Å². The highest BCUT2D eigenvalue weighted by molar-refractivity contribution is 5.78. The van der Waals surface area contributed by atoms with Crippen molar-refractivity contribution in [1.29, 1.82) is 0 Å². The lowest BCUT2D eigenvalue weighted by Crippen LogP contribution is -2.02. The summed E-state index contributed by atoms with van der Waals surface area (Å²) in [6, 6.07) is 13.4. The topological polar surface area (TPSA) is 42.6 Å². The Balaban J connectivity index is 1.88. The summed E-state index contributed by atoms with van der Waals surface area (Å²) in [5, 5.41) is 11.0. The van der Waals surface area contributed by atoms with Gasteiger partial charge in [0.05, 0.1) is 7.11 Å². The Labute approximate surface area is 121 Å². The van der Waals surface area contributed by atoms with E-state index in [9.17, 15) is 9.50 Å². The smallest absolute Gasteiger partial charge is 0.134 e. The molecule has 0 saturated heterocycles. The van der Waals surface area contributed by atoms with Crippen LogP contribution in [0.3, 0.4) is 0 Å². The summed E-state index contributed by atoms with van der Waals surface area (Å²) < 4.78 is 24.0. The molecular formula is C17H15FO3. The highest BCUT2D eigenvalue weighted by Crippen LogP contribution is 2.29. The van der Waals surface area contributed by atoms with Crippen LogP contribution in [0.2, 0.25) is 0 Å². The molecule has 21 heavy (non-hydrogen) atoms. The van der Waals surface area contributed by atoms with E-state index in [1.54, 1.807) is 19.2 Å². The lowest BCUT2D eigenvalue weighted by molar-refractivity contribution is 0.151. The fourth-order valence-electron chi connectivity index (χ4n) is 2.38. The summed E-state index contributed by atoms with van der Waals surface area (Å²) in [5.41, 5.74) is 1.45. The van der Waals surface area contributed by atoms with Gasteiger partial charge in [0.1, 0.15) is 29.0 Å². The zero-order valence-corrected chi connectivity index (χ0v) is 11.5. The van der Waals surface area contributed by atoms with Gasteiger partial charge in [-0.05, 0) is 35.9 Å². The van der Waals surface area contributed by atoms with Crippen LogP contribution in [0.25, 0.3) is 11.0 Å². The average molecular weight is 286 g/mol. The van der Waals surface area contributed by atoms with Crippen LogP contribution in [0, 0.1) is 5.82 Å². The lowest BCUT2D eigenvalue weighted by atomic mass is 10.1. The molecule has 1 N–H and O–H groups in total. The molecule has 3 aromatic rings. The van der Waals surface area contributed by atoms with Crippen LogP contribution in [0.15, 0.2) is 52.9 Å². The maximum atomic E-state index is 13.2. The van der Waals surface area contributed by atoms with Crippen molar-refractivity contribution in [3.05, 3.63) is 65.7 Å². The van der Waals surface area contributed by atoms with E-state index in [2.05, 4.69) is 0 Å². The lowest BCUT2D eigenvalue weighted by Gasteiger charge is -2.11. The summed E-state index contributed by atoms with van der Waals surface area (Å²) in [6.45, 7) is 0. The Morgan fingerprint density at radius 3 is 2.81 bits per heavy atom. The molecule has 0 amide bonds. The number of hydrogen-bond acceptors (Lipinski definition) is 3. The highest BCUT2D eigenvalue weighted by Gasteiger charge is 2.16. The number of aliphatic hydroxyl groups excluding tert-OH is 1. The number of ether oxygens (including phenoxy) is 1. The van der Waals surface area contributed by atoms with Crippen LogP contribution in [-0.2, 0) is 6.42 Å². The second-order valence-corrected chi connectivity index (χ2v) is 4.86. The van der Waals surface area contributed by atoms with Crippen molar-refractivity contribution in [3.63, 3.8) is 0 Å². The van der Waals surface area contributed by atoms with Gasteiger partial charge in [0.2, 0.25) is 0 Å². The molecule has 0 aliphatic rings. The van der Waals surface area contributed by atoms with Gasteiger partial charge >= 0.3 is 0 Å². The third-order valence-electron chi connectivity index (χ3n) is 3.43. The number of furan rings is 1. The molecule has 3 nitrogen and oxygen atoms in total. The molecule has 1 heterocycles. The summed E-state index contributed by atoms with van der Waals surface area (Å²) in [4.78, 5) is 0. The van der Waals surface area contributed by atoms with Gasteiger partial charge in [0, 0.05) is 11.8 Å². The van der Waals surface area contributed by atoms with Crippen LogP contribution >= 0.6 is 0 Å². The molecule has 0 fully saturated rings. The zero-order chi connectivity index (χ0) is 14.8. The second kappa shape index (κ2) is 5.58. The third-order valence-corrected chi connectivity index (χ3v) is 3.43. The normalized spacial score (nSPS) is 12.5. The van der Waals surface area contributed by atoms with Gasteiger partial charge in [0.15, 0.2) is 0 Å². The SMILES string of the molecule is COc1ccccc1CC(O)c1cc2cc(F)ccc2o1. The van der Waals surface area contributed by atoms with Gasteiger partial charge in [-0.25, -0.2) is 4.39 Å². The Morgan fingerprint density at radius 2 is 2.00 bits per heavy atom. The molecule has 0 aliphatic carbocycles. The number of rotatable bonds is 4. The van der Waals surface area contributed by atoms with Gasteiger partial charge in [-0.15, -0.1) is 0 Å². The third kappa shape index (κ3) is 2.76. The van der Waals surface area contributed by atoms with Crippen LogP contribution in [0.5, 0.6) is 5.75 Å². The first-order valence-electron chi connectivity index (χ1n) is 6.66. The Morgan fingerprint density at radius 1 is 1.19 bits per heavy atom. The Hall–Kier alpha value is -2.33. The molecule has 1 atom stereocenters. The summed E-state index contributed by atoms with van der Waals surface area (Å²) in [6.07, 6.45) is -0.441. The van der Waals surface area contributed by atoms with E-state index in [0.717, 1.165) is 11.3 Å². The quantitative estimate of drug-likeness (QED) is 0.792. The monoisotopic (exact) mass is 286 g/mol. The molecule has 1 aromatic heterocycles. The zero-order valence-electron chi connectivity index (χ0n) is 11.5. The summed E-state index contributed by atoms with van der Waals surface area (Å²) in [7, 11) is 1.59. The maximum Gasteiger partial charge on any atom is 0.134 e. The number of aliphatic hydroxyl groups is 1. The standard InChI is InChI=1S/C17H15FO3/c1-20-15-5-3-2-4-11(15)9-14(19)17-10-12-8-13(18)6-7-16(12)21-17/h2-8,10,14,19H,9H2,1H3. The van der Waals surface area contributed by atoms with E-state index in [0.29, 0.717) is 23.2 Å². The fraction of sp³-hybridized carbons (Fsp3) is 0.176. The Bertz CT molecular complexity index is 764. The van der Waals surface area contributed by atoms with Crippen LogP contribution in [0.4, 0.5) is 4.39 Å². The first kappa shape index (κ1) is 13.6. The molecule has 0 radical (unpaired) electrons. The number of benzene rings is 2. The molecule has 108 valence electrons. The van der Waals surface area contributed by atoms with E-state index < -0.39 is 6.10 Å². The minimum absolute atomic E-state index is 0.325. The average Bonchev–Trinajstić information content (AvgIpc) is 2.91. The van der Waals surface area contributed by atoms with Crippen molar-refractivity contribution in [2.75, 3.05) is 7.11 Å². The highest BCUT2D eigenvalue weighted by atomic mass is 19.1. The number of methoxy groups -OCH3 is 1. The Kier molecular flexibility index (Phi) is 3.62. The fourth-order valence-corrected chi connectivity index (χ4v) is 2.38. The predicted octanol–water partition coefficient (Wildman–Crippen LogP) is 3.86. The predicted molar refractivity (Wildman–Crippen MR) is 77.8 cm³/mol. The van der Waals surface area contributed by atoms with Crippen molar-refractivity contribution in [3.8, 4) is 5.75 Å². The van der Waals surface area contributed by atoms with Gasteiger partial charge < -0.3 is 14.3 Å². The van der Waals surface area contributed by atoms with Gasteiger partial charge in [0.25, 0.3) is 0 Å². The molecule has 3 rings (SSSR count).